The van der Waals surface area contributed by atoms with E-state index in [1.54, 1.807) is 6.07 Å². The Morgan fingerprint density at radius 1 is 0.929 bits per heavy atom. The monoisotopic (exact) mass is 400 g/mol. The largest absolute Gasteiger partial charge is 0.444 e. The number of carbonyl (C=O) groups excluding carboxylic acids is 1. The highest BCUT2D eigenvalue weighted by Gasteiger charge is 2.37. The summed E-state index contributed by atoms with van der Waals surface area (Å²) in [4.78, 5) is 16.0. The van der Waals surface area contributed by atoms with Crippen LogP contribution in [0.4, 0.5) is 32.0 Å². The highest BCUT2D eigenvalue weighted by atomic mass is 19.4. The number of anilines is 1. The van der Waals surface area contributed by atoms with Crippen LogP contribution in [0.5, 0.6) is 0 Å². The van der Waals surface area contributed by atoms with E-state index in [0.29, 0.717) is 23.5 Å². The number of aromatic nitrogens is 1. The second-order valence-electron chi connectivity index (χ2n) is 5.70. The zero-order valence-electron chi connectivity index (χ0n) is 13.7. The number of alkyl halides is 6. The lowest BCUT2D eigenvalue weighted by molar-refractivity contribution is -0.143. The number of nitrogens with zero attached hydrogens (tertiary/aromatic N) is 1. The van der Waals surface area contributed by atoms with E-state index in [2.05, 4.69) is 10.3 Å². The molecule has 0 aliphatic heterocycles. The maximum atomic E-state index is 12.9. The van der Waals surface area contributed by atoms with Crippen molar-refractivity contribution in [2.45, 2.75) is 12.4 Å². The van der Waals surface area contributed by atoms with Crippen LogP contribution < -0.4 is 5.32 Å². The van der Waals surface area contributed by atoms with Gasteiger partial charge in [-0.25, -0.2) is 4.98 Å². The minimum absolute atomic E-state index is 0.0404. The van der Waals surface area contributed by atoms with E-state index in [4.69, 9.17) is 4.42 Å². The van der Waals surface area contributed by atoms with Crippen molar-refractivity contribution in [3.63, 3.8) is 0 Å². The quantitative estimate of drug-likeness (QED) is 0.580. The average Bonchev–Trinajstić information content (AvgIpc) is 3.15. The molecule has 2 aromatic carbocycles. The molecule has 0 saturated carbocycles. The van der Waals surface area contributed by atoms with E-state index in [-0.39, 0.29) is 11.8 Å². The van der Waals surface area contributed by atoms with Gasteiger partial charge in [0.1, 0.15) is 0 Å². The van der Waals surface area contributed by atoms with E-state index < -0.39 is 35.0 Å². The Morgan fingerprint density at radius 3 is 2.11 bits per heavy atom. The van der Waals surface area contributed by atoms with Gasteiger partial charge in [0.15, 0.2) is 12.2 Å². The summed E-state index contributed by atoms with van der Waals surface area (Å²) >= 11 is 0. The number of rotatable bonds is 3. The number of hydrogen-bond acceptors (Lipinski definition) is 3. The van der Waals surface area contributed by atoms with Crippen LogP contribution in [0, 0.1) is 0 Å². The van der Waals surface area contributed by atoms with Crippen molar-refractivity contribution in [3.8, 4) is 11.3 Å². The second-order valence-corrected chi connectivity index (χ2v) is 5.70. The van der Waals surface area contributed by atoms with Crippen LogP contribution in [0.3, 0.4) is 0 Å². The average molecular weight is 400 g/mol. The van der Waals surface area contributed by atoms with Gasteiger partial charge in [-0.15, -0.1) is 0 Å². The predicted molar refractivity (Wildman–Crippen MR) is 86.3 cm³/mol. The summed E-state index contributed by atoms with van der Waals surface area (Å²) in [6, 6.07) is 6.72. The van der Waals surface area contributed by atoms with Gasteiger partial charge in [-0.05, 0) is 30.3 Å². The van der Waals surface area contributed by atoms with Crippen molar-refractivity contribution >= 4 is 11.6 Å². The van der Waals surface area contributed by atoms with Crippen molar-refractivity contribution in [1.82, 2.24) is 4.98 Å². The molecule has 4 nitrogen and oxygen atoms in total. The molecule has 0 bridgehead atoms. The topological polar surface area (TPSA) is 55.1 Å². The molecule has 146 valence electrons. The van der Waals surface area contributed by atoms with Crippen LogP contribution in [0.25, 0.3) is 11.3 Å². The molecule has 0 radical (unpaired) electrons. The first-order chi connectivity index (χ1) is 13.0. The summed E-state index contributed by atoms with van der Waals surface area (Å²) in [6.07, 6.45) is -7.49. The zero-order valence-corrected chi connectivity index (χ0v) is 13.7. The number of amides is 1. The number of carbonyl (C=O) groups is 1. The number of halogens is 6. The van der Waals surface area contributed by atoms with Crippen molar-refractivity contribution in [2.24, 2.45) is 0 Å². The van der Waals surface area contributed by atoms with E-state index in [9.17, 15) is 31.1 Å². The Labute approximate surface area is 153 Å². The Bertz CT molecular complexity index is 962. The van der Waals surface area contributed by atoms with Gasteiger partial charge in [-0.2, -0.15) is 26.3 Å². The van der Waals surface area contributed by atoms with Gasteiger partial charge >= 0.3 is 12.4 Å². The number of oxazole rings is 1. The van der Waals surface area contributed by atoms with Crippen LogP contribution in [0.2, 0.25) is 0 Å². The molecule has 1 N–H and O–H groups in total. The third kappa shape index (κ3) is 4.33. The Morgan fingerprint density at radius 2 is 1.57 bits per heavy atom. The molecule has 3 rings (SSSR count). The lowest BCUT2D eigenvalue weighted by Crippen LogP contribution is -2.17. The van der Waals surface area contributed by atoms with Crippen LogP contribution in [-0.4, -0.2) is 10.9 Å². The molecule has 1 amide bonds. The molecule has 0 atom stereocenters. The third-order valence-corrected chi connectivity index (χ3v) is 3.69. The van der Waals surface area contributed by atoms with Gasteiger partial charge in [-0.1, -0.05) is 12.1 Å². The molecule has 0 unspecified atom stereocenters. The lowest BCUT2D eigenvalue weighted by Gasteiger charge is -2.14. The maximum absolute atomic E-state index is 12.9. The first-order valence-corrected chi connectivity index (χ1v) is 7.64. The molecule has 1 aromatic heterocycles. The first kappa shape index (κ1) is 19.5. The van der Waals surface area contributed by atoms with Crippen LogP contribution in [0.1, 0.15) is 21.5 Å². The van der Waals surface area contributed by atoms with Gasteiger partial charge in [0.25, 0.3) is 5.91 Å². The molecule has 1 heterocycles. The molecule has 0 spiro atoms. The van der Waals surface area contributed by atoms with Crippen LogP contribution >= 0.6 is 0 Å². The molecule has 10 heteroatoms. The van der Waals surface area contributed by atoms with Crippen molar-refractivity contribution in [3.05, 3.63) is 71.7 Å². The fourth-order valence-corrected chi connectivity index (χ4v) is 2.40. The second kappa shape index (κ2) is 7.02. The van der Waals surface area contributed by atoms with Crippen LogP contribution in [-0.2, 0) is 12.4 Å². The normalized spacial score (nSPS) is 12.1. The van der Waals surface area contributed by atoms with Gasteiger partial charge in [-0.3, -0.25) is 4.79 Å². The number of hydrogen-bond donors (Lipinski definition) is 1. The van der Waals surface area contributed by atoms with Gasteiger partial charge < -0.3 is 9.73 Å². The maximum Gasteiger partial charge on any atom is 0.416 e. The fraction of sp³-hybridized carbons (Fsp3) is 0.111. The van der Waals surface area contributed by atoms with E-state index in [0.717, 1.165) is 0 Å². The lowest BCUT2D eigenvalue weighted by atomic mass is 10.0. The fourth-order valence-electron chi connectivity index (χ4n) is 2.40. The summed E-state index contributed by atoms with van der Waals surface area (Å²) in [7, 11) is 0. The summed E-state index contributed by atoms with van der Waals surface area (Å²) < 4.78 is 82.6. The summed E-state index contributed by atoms with van der Waals surface area (Å²) in [5.74, 6) is -0.749. The Hall–Kier alpha value is -3.30. The Balaban J connectivity index is 1.93. The molecule has 28 heavy (non-hydrogen) atoms. The summed E-state index contributed by atoms with van der Waals surface area (Å²) in [5, 5.41) is 2.28. The minimum Gasteiger partial charge on any atom is -0.444 e. The van der Waals surface area contributed by atoms with Gasteiger partial charge in [0.2, 0.25) is 0 Å². The smallest absolute Gasteiger partial charge is 0.416 e. The molecule has 0 aliphatic rings. The number of nitrogens with one attached hydrogen (secondary N) is 1. The van der Waals surface area contributed by atoms with Gasteiger partial charge in [0, 0.05) is 16.8 Å². The third-order valence-electron chi connectivity index (χ3n) is 3.69. The molecule has 0 saturated heterocycles. The highest BCUT2D eigenvalue weighted by Crippen LogP contribution is 2.36. The van der Waals surface area contributed by atoms with Gasteiger partial charge in [0.05, 0.1) is 17.3 Å². The molecule has 3 aromatic rings. The first-order valence-electron chi connectivity index (χ1n) is 7.64. The van der Waals surface area contributed by atoms with E-state index in [1.807, 2.05) is 0 Å². The van der Waals surface area contributed by atoms with Crippen molar-refractivity contribution in [1.29, 1.82) is 0 Å². The predicted octanol–water partition coefficient (Wildman–Crippen LogP) is 5.63. The van der Waals surface area contributed by atoms with Crippen LogP contribution in [0.15, 0.2) is 59.5 Å². The van der Waals surface area contributed by atoms with Crippen molar-refractivity contribution in [2.75, 3.05) is 5.32 Å². The summed E-state index contributed by atoms with van der Waals surface area (Å²) in [6.45, 7) is 0. The SMILES string of the molecule is O=C(Nc1cccc(-c2cnco2)c1)c1cc(C(F)(F)F)cc(C(F)(F)F)c1. The van der Waals surface area contributed by atoms with E-state index >= 15 is 0 Å². The molecular formula is C18H10F6N2O2. The standard InChI is InChI=1S/C18H10F6N2O2/c19-17(20,21)12-4-11(5-13(7-12)18(22,23)24)16(27)26-14-3-1-2-10(6-14)15-8-25-9-28-15/h1-9H,(H,26,27). The highest BCUT2D eigenvalue weighted by molar-refractivity contribution is 6.04. The van der Waals surface area contributed by atoms with Crippen molar-refractivity contribution < 1.29 is 35.6 Å². The number of benzene rings is 2. The Kier molecular flexibility index (Phi) is 4.88. The molecular weight excluding hydrogens is 390 g/mol. The minimum atomic E-state index is -5.04. The molecule has 0 fully saturated rings. The molecule has 0 aliphatic carbocycles. The summed E-state index contributed by atoms with van der Waals surface area (Å²) in [5.41, 5.74) is -3.24. The van der Waals surface area contributed by atoms with E-state index in [1.165, 1.54) is 30.8 Å². The zero-order chi connectivity index (χ0) is 20.5.